The van der Waals surface area contributed by atoms with E-state index in [-0.39, 0.29) is 11.4 Å². The van der Waals surface area contributed by atoms with Crippen LogP contribution in [0.3, 0.4) is 0 Å². The minimum absolute atomic E-state index is 0.298. The lowest BCUT2D eigenvalue weighted by Crippen LogP contribution is -2.09. The molecule has 0 unspecified atom stereocenters. The predicted octanol–water partition coefficient (Wildman–Crippen LogP) is 2.15. The third-order valence-corrected chi connectivity index (χ3v) is 3.19. The van der Waals surface area contributed by atoms with Gasteiger partial charge >= 0.3 is 11.9 Å². The molecule has 2 aromatic rings. The highest BCUT2D eigenvalue weighted by Crippen LogP contribution is 2.15. The molecule has 7 heteroatoms. The number of carboxylic acids is 2. The molecule has 0 atom stereocenters. The van der Waals surface area contributed by atoms with Gasteiger partial charge in [-0.25, -0.2) is 14.6 Å². The van der Waals surface area contributed by atoms with Gasteiger partial charge in [-0.2, -0.15) is 0 Å². The number of carboxylic acid groups (broad SMARTS) is 2. The predicted molar refractivity (Wildman–Crippen MR) is 69.8 cm³/mol. The minimum Gasteiger partial charge on any atom is -0.477 e. The summed E-state index contributed by atoms with van der Waals surface area (Å²) in [6, 6.07) is 6.44. The Balaban J connectivity index is 2.23. The van der Waals surface area contributed by atoms with Gasteiger partial charge in [0, 0.05) is 17.1 Å². The Labute approximate surface area is 112 Å². The molecule has 0 aliphatic rings. The van der Waals surface area contributed by atoms with Gasteiger partial charge in [0.25, 0.3) is 0 Å². The van der Waals surface area contributed by atoms with E-state index in [2.05, 4.69) is 10.3 Å². The van der Waals surface area contributed by atoms with Crippen molar-refractivity contribution in [1.82, 2.24) is 4.98 Å². The summed E-state index contributed by atoms with van der Waals surface area (Å²) in [6.07, 6.45) is 0. The summed E-state index contributed by atoms with van der Waals surface area (Å²) in [4.78, 5) is 26.4. The van der Waals surface area contributed by atoms with Gasteiger partial charge in [0.05, 0.1) is 0 Å². The molecule has 0 saturated heterocycles. The van der Waals surface area contributed by atoms with Crippen molar-refractivity contribution in [2.24, 2.45) is 0 Å². The third kappa shape index (κ3) is 3.29. The monoisotopic (exact) mass is 278 g/mol. The summed E-state index contributed by atoms with van der Waals surface area (Å²) in [5.41, 5.74) is -0.180. The van der Waals surface area contributed by atoms with E-state index in [1.807, 2.05) is 17.5 Å². The lowest BCUT2D eigenvalue weighted by molar-refractivity contribution is 0.0685. The molecule has 2 rings (SSSR count). The van der Waals surface area contributed by atoms with Crippen molar-refractivity contribution >= 4 is 29.0 Å². The first-order chi connectivity index (χ1) is 9.06. The molecule has 2 aromatic heterocycles. The molecule has 3 N–H and O–H groups in total. The quantitative estimate of drug-likeness (QED) is 0.775. The first-order valence-electron chi connectivity index (χ1n) is 5.31. The second kappa shape index (κ2) is 5.49. The van der Waals surface area contributed by atoms with Crippen molar-refractivity contribution in [3.05, 3.63) is 45.9 Å². The summed E-state index contributed by atoms with van der Waals surface area (Å²) >= 11 is 1.55. The number of anilines is 1. The number of nitrogens with one attached hydrogen (secondary N) is 1. The lowest BCUT2D eigenvalue weighted by atomic mass is 10.2. The van der Waals surface area contributed by atoms with Crippen LogP contribution in [0.4, 0.5) is 5.69 Å². The molecular formula is C12H10N2O4S. The Morgan fingerprint density at radius 3 is 2.32 bits per heavy atom. The highest BCUT2D eigenvalue weighted by Gasteiger charge is 2.13. The number of pyridine rings is 1. The average Bonchev–Trinajstić information content (AvgIpc) is 2.89. The Bertz CT molecular complexity index is 578. The summed E-state index contributed by atoms with van der Waals surface area (Å²) in [5, 5.41) is 22.7. The van der Waals surface area contributed by atoms with E-state index in [1.54, 1.807) is 11.3 Å². The lowest BCUT2D eigenvalue weighted by Gasteiger charge is -2.07. The maximum absolute atomic E-state index is 10.9. The molecule has 19 heavy (non-hydrogen) atoms. The van der Waals surface area contributed by atoms with Crippen LogP contribution in [0.2, 0.25) is 0 Å². The van der Waals surface area contributed by atoms with Crippen molar-refractivity contribution in [2.75, 3.05) is 5.32 Å². The van der Waals surface area contributed by atoms with Crippen LogP contribution in [0.25, 0.3) is 0 Å². The van der Waals surface area contributed by atoms with Crippen molar-refractivity contribution in [1.29, 1.82) is 0 Å². The molecule has 0 fully saturated rings. The van der Waals surface area contributed by atoms with Gasteiger partial charge in [-0.1, -0.05) is 6.07 Å². The van der Waals surface area contributed by atoms with Crippen LogP contribution < -0.4 is 5.32 Å². The summed E-state index contributed by atoms with van der Waals surface area (Å²) in [6.45, 7) is 0.500. The van der Waals surface area contributed by atoms with Crippen LogP contribution >= 0.6 is 11.3 Å². The first kappa shape index (κ1) is 13.0. The van der Waals surface area contributed by atoms with E-state index in [4.69, 9.17) is 10.2 Å². The van der Waals surface area contributed by atoms with Gasteiger partial charge < -0.3 is 15.5 Å². The summed E-state index contributed by atoms with van der Waals surface area (Å²) < 4.78 is 0. The number of nitrogens with zero attached hydrogens (tertiary/aromatic N) is 1. The Kier molecular flexibility index (Phi) is 3.76. The molecule has 2 heterocycles. The molecule has 0 bridgehead atoms. The van der Waals surface area contributed by atoms with Crippen LogP contribution in [-0.2, 0) is 6.54 Å². The van der Waals surface area contributed by atoms with Gasteiger partial charge in [-0.05, 0) is 23.6 Å². The van der Waals surface area contributed by atoms with E-state index in [9.17, 15) is 9.59 Å². The second-order valence-electron chi connectivity index (χ2n) is 3.67. The molecule has 0 spiro atoms. The van der Waals surface area contributed by atoms with Crippen molar-refractivity contribution < 1.29 is 19.8 Å². The van der Waals surface area contributed by atoms with Crippen molar-refractivity contribution in [3.63, 3.8) is 0 Å². The molecule has 0 saturated carbocycles. The minimum atomic E-state index is -1.26. The Morgan fingerprint density at radius 2 is 1.84 bits per heavy atom. The van der Waals surface area contributed by atoms with Gasteiger partial charge in [0.2, 0.25) is 0 Å². The summed E-state index contributed by atoms with van der Waals surface area (Å²) in [7, 11) is 0. The Hall–Kier alpha value is -2.41. The smallest absolute Gasteiger partial charge is 0.354 e. The normalized spacial score (nSPS) is 10.1. The summed E-state index contributed by atoms with van der Waals surface area (Å²) in [5.74, 6) is -2.52. The van der Waals surface area contributed by atoms with Crippen LogP contribution in [0.1, 0.15) is 25.9 Å². The van der Waals surface area contributed by atoms with Gasteiger partial charge in [-0.3, -0.25) is 0 Å². The second-order valence-corrected chi connectivity index (χ2v) is 4.70. The van der Waals surface area contributed by atoms with Gasteiger partial charge in [0.15, 0.2) is 11.4 Å². The maximum atomic E-state index is 10.9. The standard InChI is InChI=1S/C12H10N2O4S/c15-11(16)9-4-7(5-10(14-9)12(17)18)13-6-8-2-1-3-19-8/h1-5H,6H2,(H,13,14)(H,15,16)(H,17,18). The van der Waals surface area contributed by atoms with Crippen LogP contribution in [0.5, 0.6) is 0 Å². The fourth-order valence-corrected chi connectivity index (χ4v) is 2.10. The fourth-order valence-electron chi connectivity index (χ4n) is 1.45. The maximum Gasteiger partial charge on any atom is 0.354 e. The van der Waals surface area contributed by atoms with Crippen molar-refractivity contribution in [3.8, 4) is 0 Å². The zero-order valence-electron chi connectivity index (χ0n) is 9.66. The topological polar surface area (TPSA) is 99.5 Å². The highest BCUT2D eigenvalue weighted by molar-refractivity contribution is 7.09. The largest absolute Gasteiger partial charge is 0.477 e. The SMILES string of the molecule is O=C(O)c1cc(NCc2cccs2)cc(C(=O)O)n1. The van der Waals surface area contributed by atoms with Crippen LogP contribution in [-0.4, -0.2) is 27.1 Å². The third-order valence-electron chi connectivity index (χ3n) is 2.31. The molecule has 0 aliphatic carbocycles. The van der Waals surface area contributed by atoms with Crippen LogP contribution in [0, 0.1) is 0 Å². The first-order valence-corrected chi connectivity index (χ1v) is 6.19. The number of carbonyl (C=O) groups is 2. The molecule has 0 amide bonds. The average molecular weight is 278 g/mol. The number of aromatic carboxylic acids is 2. The van der Waals surface area contributed by atoms with E-state index in [0.29, 0.717) is 12.2 Å². The number of hydrogen-bond donors (Lipinski definition) is 3. The van der Waals surface area contributed by atoms with E-state index < -0.39 is 11.9 Å². The molecule has 0 aliphatic heterocycles. The van der Waals surface area contributed by atoms with E-state index >= 15 is 0 Å². The zero-order valence-corrected chi connectivity index (χ0v) is 10.5. The number of rotatable bonds is 5. The number of hydrogen-bond acceptors (Lipinski definition) is 5. The molecule has 0 radical (unpaired) electrons. The molecular weight excluding hydrogens is 268 g/mol. The van der Waals surface area contributed by atoms with E-state index in [0.717, 1.165) is 4.88 Å². The highest BCUT2D eigenvalue weighted by atomic mass is 32.1. The number of aromatic nitrogens is 1. The van der Waals surface area contributed by atoms with Crippen molar-refractivity contribution in [2.45, 2.75) is 6.54 Å². The molecule has 6 nitrogen and oxygen atoms in total. The number of thiophene rings is 1. The Morgan fingerprint density at radius 1 is 1.21 bits per heavy atom. The van der Waals surface area contributed by atoms with Crippen LogP contribution in [0.15, 0.2) is 29.6 Å². The zero-order chi connectivity index (χ0) is 13.8. The molecule has 0 aromatic carbocycles. The van der Waals surface area contributed by atoms with E-state index in [1.165, 1.54) is 12.1 Å². The van der Waals surface area contributed by atoms with Gasteiger partial charge in [-0.15, -0.1) is 11.3 Å². The fraction of sp³-hybridized carbons (Fsp3) is 0.0833. The molecule has 98 valence electrons. The van der Waals surface area contributed by atoms with Gasteiger partial charge in [0.1, 0.15) is 0 Å².